The molecule has 2 rings (SSSR count). The van der Waals surface area contributed by atoms with Crippen LogP contribution in [-0.2, 0) is 0 Å². The van der Waals surface area contributed by atoms with Crippen molar-refractivity contribution in [3.05, 3.63) is 35.0 Å². The van der Waals surface area contributed by atoms with Gasteiger partial charge in [-0.3, -0.25) is 9.89 Å². The van der Waals surface area contributed by atoms with Gasteiger partial charge in [0.05, 0.1) is 0 Å². The van der Waals surface area contributed by atoms with E-state index in [-0.39, 0.29) is 0 Å². The van der Waals surface area contributed by atoms with Crippen LogP contribution in [0.1, 0.15) is 9.80 Å². The molecule has 0 aliphatic heterocycles. The minimum absolute atomic E-state index is 0.366. The standard InChI is InChI=1S/C4H4N2OS.C3H4N2/c5-3(7)4-6-1-2-8-4;1-2-4-5-3-1/h1-2H,(H2,5,7);1-3H,(H,4,5). The Kier molecular flexibility index (Phi) is 3.65. The molecule has 1 amide bonds. The first-order valence-corrected chi connectivity index (χ1v) is 4.31. The van der Waals surface area contributed by atoms with Gasteiger partial charge in [0.15, 0.2) is 5.01 Å². The molecule has 0 aromatic carbocycles. The predicted molar refractivity (Wildman–Crippen MR) is 49.2 cm³/mol. The Morgan fingerprint density at radius 3 is 2.62 bits per heavy atom. The molecule has 2 aromatic rings. The van der Waals surface area contributed by atoms with Crippen molar-refractivity contribution in [1.82, 2.24) is 15.2 Å². The van der Waals surface area contributed by atoms with Crippen molar-refractivity contribution in [2.45, 2.75) is 0 Å². The van der Waals surface area contributed by atoms with Gasteiger partial charge < -0.3 is 5.73 Å². The summed E-state index contributed by atoms with van der Waals surface area (Å²) in [4.78, 5) is 13.9. The number of primary amides is 1. The summed E-state index contributed by atoms with van der Waals surface area (Å²) in [7, 11) is 0. The van der Waals surface area contributed by atoms with Crippen LogP contribution in [-0.4, -0.2) is 21.1 Å². The molecular weight excluding hydrogens is 188 g/mol. The van der Waals surface area contributed by atoms with E-state index in [1.807, 2.05) is 6.07 Å². The monoisotopic (exact) mass is 196 g/mol. The Hall–Kier alpha value is -1.69. The molecule has 0 saturated carbocycles. The van der Waals surface area contributed by atoms with Gasteiger partial charge in [-0.1, -0.05) is 0 Å². The molecule has 2 aromatic heterocycles. The lowest BCUT2D eigenvalue weighted by Gasteiger charge is -1.78. The molecule has 0 radical (unpaired) electrons. The molecule has 5 nitrogen and oxygen atoms in total. The molecule has 3 N–H and O–H groups in total. The van der Waals surface area contributed by atoms with E-state index in [1.165, 1.54) is 11.3 Å². The van der Waals surface area contributed by atoms with Gasteiger partial charge in [-0.15, -0.1) is 11.3 Å². The third kappa shape index (κ3) is 3.48. The van der Waals surface area contributed by atoms with Gasteiger partial charge in [0.1, 0.15) is 0 Å². The highest BCUT2D eigenvalue weighted by Crippen LogP contribution is 2.00. The van der Waals surface area contributed by atoms with Crippen LogP contribution in [0.5, 0.6) is 0 Å². The summed E-state index contributed by atoms with van der Waals surface area (Å²) in [5, 5.41) is 8.28. The number of H-pyrrole nitrogens is 1. The van der Waals surface area contributed by atoms with E-state index in [0.29, 0.717) is 5.01 Å². The van der Waals surface area contributed by atoms with Gasteiger partial charge >= 0.3 is 0 Å². The first-order chi connectivity index (χ1) is 6.30. The third-order valence-electron chi connectivity index (χ3n) is 1.05. The number of aromatic amines is 1. The molecule has 0 bridgehead atoms. The Morgan fingerprint density at radius 2 is 2.38 bits per heavy atom. The molecule has 2 heterocycles. The molecule has 0 saturated heterocycles. The lowest BCUT2D eigenvalue weighted by molar-refractivity contribution is 0.1000. The fraction of sp³-hybridized carbons (Fsp3) is 0. The number of hydrogen-bond donors (Lipinski definition) is 2. The van der Waals surface area contributed by atoms with Crippen LogP contribution in [0, 0.1) is 0 Å². The molecule has 0 fully saturated rings. The van der Waals surface area contributed by atoms with Crippen LogP contribution in [0.3, 0.4) is 0 Å². The highest BCUT2D eigenvalue weighted by molar-refractivity contribution is 7.11. The first kappa shape index (κ1) is 9.40. The summed E-state index contributed by atoms with van der Waals surface area (Å²) in [6.45, 7) is 0. The molecule has 0 spiro atoms. The van der Waals surface area contributed by atoms with E-state index < -0.39 is 5.91 Å². The highest BCUT2D eigenvalue weighted by Gasteiger charge is 1.98. The number of nitrogens with one attached hydrogen (secondary N) is 1. The maximum Gasteiger partial charge on any atom is 0.277 e. The lowest BCUT2D eigenvalue weighted by Crippen LogP contribution is -2.09. The van der Waals surface area contributed by atoms with Crippen LogP contribution in [0.25, 0.3) is 0 Å². The third-order valence-corrected chi connectivity index (χ3v) is 1.84. The topological polar surface area (TPSA) is 84.7 Å². The van der Waals surface area contributed by atoms with E-state index in [0.717, 1.165) is 0 Å². The summed E-state index contributed by atoms with van der Waals surface area (Å²) in [6, 6.07) is 1.83. The van der Waals surface area contributed by atoms with E-state index >= 15 is 0 Å². The van der Waals surface area contributed by atoms with Gasteiger partial charge in [0.25, 0.3) is 5.91 Å². The minimum Gasteiger partial charge on any atom is -0.364 e. The molecule has 0 unspecified atom stereocenters. The summed E-state index contributed by atoms with van der Waals surface area (Å²) in [5.41, 5.74) is 4.87. The van der Waals surface area contributed by atoms with Crippen LogP contribution >= 0.6 is 11.3 Å². The highest BCUT2D eigenvalue weighted by atomic mass is 32.1. The van der Waals surface area contributed by atoms with Gasteiger partial charge in [-0.2, -0.15) is 5.10 Å². The fourth-order valence-corrected chi connectivity index (χ4v) is 1.05. The van der Waals surface area contributed by atoms with Crippen molar-refractivity contribution in [2.24, 2.45) is 5.73 Å². The Bertz CT molecular complexity index is 312. The number of nitrogens with two attached hydrogens (primary N) is 1. The second kappa shape index (κ2) is 5.04. The number of aromatic nitrogens is 3. The van der Waals surface area contributed by atoms with Crippen LogP contribution in [0.15, 0.2) is 30.0 Å². The Labute approximate surface area is 78.6 Å². The van der Waals surface area contributed by atoms with Crippen molar-refractivity contribution >= 4 is 17.2 Å². The maximum atomic E-state index is 10.2. The summed E-state index contributed by atoms with van der Waals surface area (Å²) in [5.74, 6) is -0.458. The van der Waals surface area contributed by atoms with E-state index in [4.69, 9.17) is 5.73 Å². The average Bonchev–Trinajstić information content (AvgIpc) is 2.82. The predicted octanol–water partition coefficient (Wildman–Crippen LogP) is 0.652. The van der Waals surface area contributed by atoms with Crippen molar-refractivity contribution in [1.29, 1.82) is 0 Å². The molecule has 6 heteroatoms. The second-order valence-corrected chi connectivity index (χ2v) is 2.86. The van der Waals surface area contributed by atoms with Crippen LogP contribution in [0.4, 0.5) is 0 Å². The van der Waals surface area contributed by atoms with Gasteiger partial charge in [-0.25, -0.2) is 4.98 Å². The summed E-state index contributed by atoms with van der Waals surface area (Å²) in [6.07, 6.45) is 5.00. The molecule has 0 aliphatic carbocycles. The largest absolute Gasteiger partial charge is 0.364 e. The zero-order valence-electron chi connectivity index (χ0n) is 6.68. The second-order valence-electron chi connectivity index (χ2n) is 1.97. The number of hydrogen-bond acceptors (Lipinski definition) is 4. The number of nitrogens with zero attached hydrogens (tertiary/aromatic N) is 2. The van der Waals surface area contributed by atoms with Crippen molar-refractivity contribution in [2.75, 3.05) is 0 Å². The number of carbonyl (C=O) groups is 1. The van der Waals surface area contributed by atoms with Gasteiger partial charge in [0, 0.05) is 24.0 Å². The quantitative estimate of drug-likeness (QED) is 0.702. The van der Waals surface area contributed by atoms with E-state index in [2.05, 4.69) is 15.2 Å². The minimum atomic E-state index is -0.458. The first-order valence-electron chi connectivity index (χ1n) is 3.43. The van der Waals surface area contributed by atoms with Gasteiger partial charge in [0.2, 0.25) is 0 Å². The zero-order valence-corrected chi connectivity index (χ0v) is 7.49. The van der Waals surface area contributed by atoms with Crippen LogP contribution < -0.4 is 5.73 Å². The SMILES string of the molecule is NC(=O)c1nccs1.c1cn[nH]c1. The molecule has 13 heavy (non-hydrogen) atoms. The number of carbonyl (C=O) groups excluding carboxylic acids is 1. The normalized spacial score (nSPS) is 8.62. The van der Waals surface area contributed by atoms with Gasteiger partial charge in [-0.05, 0) is 6.07 Å². The van der Waals surface area contributed by atoms with Crippen molar-refractivity contribution in [3.63, 3.8) is 0 Å². The van der Waals surface area contributed by atoms with Crippen molar-refractivity contribution in [3.8, 4) is 0 Å². The van der Waals surface area contributed by atoms with Crippen molar-refractivity contribution < 1.29 is 4.79 Å². The lowest BCUT2D eigenvalue weighted by atomic mass is 10.7. The number of thiazole rings is 1. The molecule has 68 valence electrons. The smallest absolute Gasteiger partial charge is 0.277 e. The Balaban J connectivity index is 0.000000145. The Morgan fingerprint density at radius 1 is 1.54 bits per heavy atom. The maximum absolute atomic E-state index is 10.2. The zero-order chi connectivity index (χ0) is 9.52. The number of amides is 1. The van der Waals surface area contributed by atoms with E-state index in [1.54, 1.807) is 24.0 Å². The molecular formula is C7H8N4OS. The fourth-order valence-electron chi connectivity index (χ4n) is 0.560. The molecule has 0 atom stereocenters. The summed E-state index contributed by atoms with van der Waals surface area (Å²) >= 11 is 1.25. The molecule has 0 aliphatic rings. The summed E-state index contributed by atoms with van der Waals surface area (Å²) < 4.78 is 0. The number of rotatable bonds is 1. The average molecular weight is 196 g/mol. The van der Waals surface area contributed by atoms with Crippen LogP contribution in [0.2, 0.25) is 0 Å². The van der Waals surface area contributed by atoms with E-state index in [9.17, 15) is 4.79 Å².